The van der Waals surface area contributed by atoms with Crippen LogP contribution in [0.25, 0.3) is 11.1 Å². The number of benzene rings is 1. The second kappa shape index (κ2) is 4.31. The van der Waals surface area contributed by atoms with Crippen molar-refractivity contribution < 1.29 is 8.83 Å². The number of fused-ring (bicyclic) bond motifs is 1. The van der Waals surface area contributed by atoms with E-state index in [4.69, 9.17) is 20.4 Å². The molecule has 19 heavy (non-hydrogen) atoms. The minimum atomic E-state index is -0.398. The number of alkyl halides is 1. The lowest BCUT2D eigenvalue weighted by molar-refractivity contribution is 0.513. The summed E-state index contributed by atoms with van der Waals surface area (Å²) in [6.45, 7) is 1.94. The Morgan fingerprint density at radius 1 is 1.32 bits per heavy atom. The van der Waals surface area contributed by atoms with Crippen molar-refractivity contribution in [1.29, 1.82) is 0 Å². The van der Waals surface area contributed by atoms with Gasteiger partial charge in [-0.25, -0.2) is 4.79 Å². The third-order valence-corrected chi connectivity index (χ3v) is 3.69. The summed E-state index contributed by atoms with van der Waals surface area (Å²) in [5, 5.41) is -0.398. The third kappa shape index (κ3) is 1.88. The van der Waals surface area contributed by atoms with Crippen molar-refractivity contribution in [2.24, 2.45) is 7.05 Å². The Morgan fingerprint density at radius 3 is 2.79 bits per heavy atom. The minimum Gasteiger partial charge on any atom is -0.467 e. The molecule has 0 aliphatic rings. The first kappa shape index (κ1) is 12.1. The normalized spacial score (nSPS) is 13.0. The maximum Gasteiger partial charge on any atom is 0.419 e. The SMILES string of the molecule is Cc1ccoc1C(Cl)c1ccc2c(c1)oc(=O)n2C. The molecular formula is C14H12ClNO3. The topological polar surface area (TPSA) is 48.3 Å². The van der Waals surface area contributed by atoms with Gasteiger partial charge < -0.3 is 8.83 Å². The fourth-order valence-electron chi connectivity index (χ4n) is 2.10. The minimum absolute atomic E-state index is 0.382. The van der Waals surface area contributed by atoms with Crippen molar-refractivity contribution in [3.8, 4) is 0 Å². The van der Waals surface area contributed by atoms with E-state index in [9.17, 15) is 4.79 Å². The van der Waals surface area contributed by atoms with Crippen molar-refractivity contribution in [2.45, 2.75) is 12.3 Å². The van der Waals surface area contributed by atoms with Gasteiger partial charge in [0.25, 0.3) is 0 Å². The van der Waals surface area contributed by atoms with E-state index < -0.39 is 5.38 Å². The average Bonchev–Trinajstić information content (AvgIpc) is 2.93. The molecule has 0 amide bonds. The molecule has 3 aromatic rings. The number of nitrogens with zero attached hydrogens (tertiary/aromatic N) is 1. The first-order valence-corrected chi connectivity index (χ1v) is 6.29. The quantitative estimate of drug-likeness (QED) is 0.675. The first-order chi connectivity index (χ1) is 9.08. The van der Waals surface area contributed by atoms with Crippen LogP contribution in [0.5, 0.6) is 0 Å². The van der Waals surface area contributed by atoms with Crippen LogP contribution in [0.2, 0.25) is 0 Å². The van der Waals surface area contributed by atoms with Crippen LogP contribution in [0.15, 0.2) is 44.2 Å². The van der Waals surface area contributed by atoms with E-state index in [0.29, 0.717) is 11.3 Å². The molecule has 0 bridgehead atoms. The molecule has 0 fully saturated rings. The van der Waals surface area contributed by atoms with Gasteiger partial charge in [0.2, 0.25) is 0 Å². The van der Waals surface area contributed by atoms with E-state index >= 15 is 0 Å². The van der Waals surface area contributed by atoms with E-state index in [0.717, 1.165) is 16.6 Å². The summed E-state index contributed by atoms with van der Waals surface area (Å²) >= 11 is 6.40. The molecule has 0 saturated carbocycles. The van der Waals surface area contributed by atoms with Crippen LogP contribution in [0.1, 0.15) is 22.3 Å². The van der Waals surface area contributed by atoms with Crippen LogP contribution in [0.3, 0.4) is 0 Å². The number of aromatic nitrogens is 1. The van der Waals surface area contributed by atoms with Crippen molar-refractivity contribution in [2.75, 3.05) is 0 Å². The summed E-state index contributed by atoms with van der Waals surface area (Å²) in [7, 11) is 1.67. The molecule has 0 spiro atoms. The Hall–Kier alpha value is -1.94. The molecule has 5 heteroatoms. The maximum absolute atomic E-state index is 11.4. The van der Waals surface area contributed by atoms with Gasteiger partial charge in [-0.15, -0.1) is 11.6 Å². The fraction of sp³-hybridized carbons (Fsp3) is 0.214. The van der Waals surface area contributed by atoms with E-state index in [1.807, 2.05) is 25.1 Å². The smallest absolute Gasteiger partial charge is 0.419 e. The van der Waals surface area contributed by atoms with E-state index in [1.165, 1.54) is 4.57 Å². The molecular weight excluding hydrogens is 266 g/mol. The molecule has 1 unspecified atom stereocenters. The summed E-state index contributed by atoms with van der Waals surface area (Å²) in [5.74, 6) is 0.326. The van der Waals surface area contributed by atoms with E-state index in [2.05, 4.69) is 0 Å². The number of rotatable bonds is 2. The summed E-state index contributed by atoms with van der Waals surface area (Å²) in [4.78, 5) is 11.4. The number of hydrogen-bond donors (Lipinski definition) is 0. The largest absolute Gasteiger partial charge is 0.467 e. The highest BCUT2D eigenvalue weighted by Gasteiger charge is 2.18. The second-order valence-corrected chi connectivity index (χ2v) is 4.92. The van der Waals surface area contributed by atoms with Crippen molar-refractivity contribution in [3.05, 3.63) is 58.0 Å². The monoisotopic (exact) mass is 277 g/mol. The molecule has 0 aliphatic carbocycles. The standard InChI is InChI=1S/C14H12ClNO3/c1-8-5-6-18-13(8)12(15)9-3-4-10-11(7-9)19-14(17)16(10)2/h3-7,12H,1-2H3. The Kier molecular flexibility index (Phi) is 2.75. The van der Waals surface area contributed by atoms with Gasteiger partial charge in [0.05, 0.1) is 11.8 Å². The lowest BCUT2D eigenvalue weighted by Crippen LogP contribution is -2.08. The molecule has 4 nitrogen and oxygen atoms in total. The van der Waals surface area contributed by atoms with Crippen LogP contribution in [0, 0.1) is 6.92 Å². The zero-order valence-corrected chi connectivity index (χ0v) is 11.3. The number of oxazole rings is 1. The molecule has 2 aromatic heterocycles. The number of furan rings is 1. The molecule has 0 saturated heterocycles. The highest BCUT2D eigenvalue weighted by molar-refractivity contribution is 6.22. The number of hydrogen-bond acceptors (Lipinski definition) is 3. The molecule has 3 rings (SSSR count). The Bertz CT molecular complexity index is 796. The Labute approximate surface area is 114 Å². The van der Waals surface area contributed by atoms with Gasteiger partial charge in [0.1, 0.15) is 11.1 Å². The fourth-order valence-corrected chi connectivity index (χ4v) is 2.46. The van der Waals surface area contributed by atoms with Gasteiger partial charge >= 0.3 is 5.76 Å². The van der Waals surface area contributed by atoms with Gasteiger partial charge in [-0.1, -0.05) is 6.07 Å². The van der Waals surface area contributed by atoms with Crippen LogP contribution < -0.4 is 5.76 Å². The molecule has 0 N–H and O–H groups in total. The summed E-state index contributed by atoms with van der Waals surface area (Å²) in [5.41, 5.74) is 3.10. The predicted molar refractivity (Wildman–Crippen MR) is 72.6 cm³/mol. The maximum atomic E-state index is 11.4. The molecule has 0 aliphatic heterocycles. The summed E-state index contributed by atoms with van der Waals surface area (Å²) in [6, 6.07) is 7.34. The first-order valence-electron chi connectivity index (χ1n) is 5.85. The van der Waals surface area contributed by atoms with Crippen LogP contribution in [-0.2, 0) is 7.05 Å². The Balaban J connectivity index is 2.11. The molecule has 0 radical (unpaired) electrons. The van der Waals surface area contributed by atoms with Gasteiger partial charge in [0.15, 0.2) is 5.58 Å². The van der Waals surface area contributed by atoms with Crippen molar-refractivity contribution in [3.63, 3.8) is 0 Å². The van der Waals surface area contributed by atoms with Crippen LogP contribution in [0.4, 0.5) is 0 Å². The van der Waals surface area contributed by atoms with Gasteiger partial charge in [0, 0.05) is 7.05 Å². The summed E-state index contributed by atoms with van der Waals surface area (Å²) < 4.78 is 12.0. The lowest BCUT2D eigenvalue weighted by Gasteiger charge is -2.08. The van der Waals surface area contributed by atoms with Gasteiger partial charge in [-0.2, -0.15) is 0 Å². The summed E-state index contributed by atoms with van der Waals surface area (Å²) in [6.07, 6.45) is 1.61. The molecule has 98 valence electrons. The van der Waals surface area contributed by atoms with Gasteiger partial charge in [-0.3, -0.25) is 4.57 Å². The van der Waals surface area contributed by atoms with Crippen molar-refractivity contribution >= 4 is 22.7 Å². The van der Waals surface area contributed by atoms with Gasteiger partial charge in [-0.05, 0) is 36.2 Å². The van der Waals surface area contributed by atoms with E-state index in [-0.39, 0.29) is 5.76 Å². The zero-order chi connectivity index (χ0) is 13.6. The zero-order valence-electron chi connectivity index (χ0n) is 10.5. The average molecular weight is 278 g/mol. The molecule has 2 heterocycles. The predicted octanol–water partition coefficient (Wildman–Crippen LogP) is 3.36. The van der Waals surface area contributed by atoms with Crippen LogP contribution >= 0.6 is 11.6 Å². The van der Waals surface area contributed by atoms with E-state index in [1.54, 1.807) is 19.4 Å². The Morgan fingerprint density at radius 2 is 2.11 bits per heavy atom. The van der Waals surface area contributed by atoms with Crippen LogP contribution in [-0.4, -0.2) is 4.57 Å². The number of aryl methyl sites for hydroxylation is 2. The van der Waals surface area contributed by atoms with Crippen molar-refractivity contribution in [1.82, 2.24) is 4.57 Å². The highest BCUT2D eigenvalue weighted by Crippen LogP contribution is 2.32. The third-order valence-electron chi connectivity index (χ3n) is 3.24. The lowest BCUT2D eigenvalue weighted by atomic mass is 10.1. The highest BCUT2D eigenvalue weighted by atomic mass is 35.5. The second-order valence-electron chi connectivity index (χ2n) is 4.48. The number of halogens is 1. The molecule has 1 aromatic carbocycles. The molecule has 1 atom stereocenters.